The molecular weight excluding hydrogens is 372 g/mol. The van der Waals surface area contributed by atoms with Gasteiger partial charge in [0.2, 0.25) is 0 Å². The molecule has 0 aromatic heterocycles. The highest BCUT2D eigenvalue weighted by molar-refractivity contribution is 5.94. The average Bonchev–Trinajstić information content (AvgIpc) is 2.72. The minimum Gasteiger partial charge on any atom is -0.494 e. The molecule has 170 valence electrons. The third-order valence-electron chi connectivity index (χ3n) is 6.07. The molecule has 0 radical (unpaired) electrons. The highest BCUT2D eigenvalue weighted by Crippen LogP contribution is 2.26. The second-order valence-corrected chi connectivity index (χ2v) is 10.2. The lowest BCUT2D eigenvalue weighted by molar-refractivity contribution is 0.272. The molecule has 1 aromatic rings. The number of ether oxygens (including phenoxy) is 1. The number of piperidine rings is 1. The highest BCUT2D eigenvalue weighted by Gasteiger charge is 2.27. The molecule has 5 nitrogen and oxygen atoms in total. The van der Waals surface area contributed by atoms with Crippen LogP contribution >= 0.6 is 0 Å². The van der Waals surface area contributed by atoms with E-state index in [2.05, 4.69) is 56.6 Å². The first kappa shape index (κ1) is 24.5. The van der Waals surface area contributed by atoms with Gasteiger partial charge in [-0.25, -0.2) is 0 Å². The van der Waals surface area contributed by atoms with Crippen molar-refractivity contribution in [1.29, 1.82) is 5.41 Å². The molecule has 30 heavy (non-hydrogen) atoms. The van der Waals surface area contributed by atoms with Crippen molar-refractivity contribution in [2.75, 3.05) is 37.7 Å². The quantitative estimate of drug-likeness (QED) is 0.306. The van der Waals surface area contributed by atoms with E-state index < -0.39 is 0 Å². The van der Waals surface area contributed by atoms with Crippen LogP contribution < -0.4 is 15.4 Å². The smallest absolute Gasteiger partial charge is 0.198 e. The Hall–Kier alpha value is -1.75. The van der Waals surface area contributed by atoms with E-state index in [4.69, 9.17) is 15.9 Å². The largest absolute Gasteiger partial charge is 0.494 e. The van der Waals surface area contributed by atoms with Crippen molar-refractivity contribution in [3.8, 4) is 5.75 Å². The molecule has 1 aromatic carbocycles. The van der Waals surface area contributed by atoms with Crippen LogP contribution in [0.3, 0.4) is 0 Å². The number of unbranched alkanes of at least 4 members (excludes halogenated alkanes) is 1. The van der Waals surface area contributed by atoms with Crippen LogP contribution in [0.2, 0.25) is 0 Å². The Morgan fingerprint density at radius 3 is 2.40 bits per heavy atom. The minimum absolute atomic E-state index is 0.0685. The molecule has 3 N–H and O–H groups in total. The maximum atomic E-state index is 8.92. The summed E-state index contributed by atoms with van der Waals surface area (Å²) in [6.07, 6.45) is 5.86. The normalized spacial score (nSPS) is 15.5. The van der Waals surface area contributed by atoms with Crippen LogP contribution in [-0.4, -0.2) is 43.6 Å². The van der Waals surface area contributed by atoms with Gasteiger partial charge in [-0.2, -0.15) is 0 Å². The summed E-state index contributed by atoms with van der Waals surface area (Å²) in [6, 6.07) is 8.23. The fourth-order valence-corrected chi connectivity index (χ4v) is 3.74. The lowest BCUT2D eigenvalue weighted by Crippen LogP contribution is -2.51. The Morgan fingerprint density at radius 1 is 1.20 bits per heavy atom. The molecule has 2 rings (SSSR count). The lowest BCUT2D eigenvalue weighted by Gasteiger charge is -2.40. The second-order valence-electron chi connectivity index (χ2n) is 10.2. The molecule has 5 heteroatoms. The summed E-state index contributed by atoms with van der Waals surface area (Å²) in [5.74, 6) is 3.00. The van der Waals surface area contributed by atoms with Crippen LogP contribution in [0, 0.1) is 22.7 Å². The molecular formula is C25H44N4O. The first-order valence-corrected chi connectivity index (χ1v) is 11.8. The molecule has 1 aliphatic heterocycles. The maximum Gasteiger partial charge on any atom is 0.198 e. The maximum absolute atomic E-state index is 8.92. The van der Waals surface area contributed by atoms with Crippen molar-refractivity contribution in [3.05, 3.63) is 24.3 Å². The van der Waals surface area contributed by atoms with Gasteiger partial charge in [-0.1, -0.05) is 41.0 Å². The minimum atomic E-state index is -0.0685. The van der Waals surface area contributed by atoms with Gasteiger partial charge in [0.25, 0.3) is 0 Å². The van der Waals surface area contributed by atoms with E-state index in [0.29, 0.717) is 12.5 Å². The number of likely N-dealkylation sites (tertiary alicyclic amines) is 1. The molecule has 0 spiro atoms. The van der Waals surface area contributed by atoms with Gasteiger partial charge < -0.3 is 20.3 Å². The van der Waals surface area contributed by atoms with Crippen molar-refractivity contribution in [1.82, 2.24) is 4.90 Å². The molecule has 0 amide bonds. The Balaban J connectivity index is 2.03. The van der Waals surface area contributed by atoms with E-state index in [0.717, 1.165) is 68.8 Å². The summed E-state index contributed by atoms with van der Waals surface area (Å²) in [4.78, 5) is 4.33. The molecule has 0 saturated carbocycles. The van der Waals surface area contributed by atoms with Crippen molar-refractivity contribution in [3.63, 3.8) is 0 Å². The van der Waals surface area contributed by atoms with Crippen molar-refractivity contribution < 1.29 is 4.74 Å². The van der Waals surface area contributed by atoms with Gasteiger partial charge in [-0.05, 0) is 73.7 Å². The second kappa shape index (κ2) is 11.6. The molecule has 0 unspecified atom stereocenters. The van der Waals surface area contributed by atoms with Crippen LogP contribution in [0.1, 0.15) is 66.7 Å². The van der Waals surface area contributed by atoms with Gasteiger partial charge in [-0.3, -0.25) is 5.41 Å². The van der Waals surface area contributed by atoms with Gasteiger partial charge in [0.1, 0.15) is 5.75 Å². The van der Waals surface area contributed by atoms with E-state index in [1.54, 1.807) is 0 Å². The van der Waals surface area contributed by atoms with E-state index in [1.165, 1.54) is 12.8 Å². The number of hydrogen-bond donors (Lipinski definition) is 2. The third kappa shape index (κ3) is 7.82. The molecule has 0 bridgehead atoms. The zero-order chi connectivity index (χ0) is 22.1. The Kier molecular flexibility index (Phi) is 9.47. The zero-order valence-electron chi connectivity index (χ0n) is 19.9. The lowest BCUT2D eigenvalue weighted by atomic mass is 9.92. The van der Waals surface area contributed by atoms with Gasteiger partial charge in [0.05, 0.1) is 6.61 Å². The summed E-state index contributed by atoms with van der Waals surface area (Å²) in [7, 11) is 0. The van der Waals surface area contributed by atoms with Crippen LogP contribution in [0.5, 0.6) is 5.75 Å². The summed E-state index contributed by atoms with van der Waals surface area (Å²) in [5.41, 5.74) is 6.99. The van der Waals surface area contributed by atoms with Crippen molar-refractivity contribution >= 4 is 11.6 Å². The predicted molar refractivity (Wildman–Crippen MR) is 129 cm³/mol. The molecule has 1 aliphatic rings. The van der Waals surface area contributed by atoms with E-state index in [-0.39, 0.29) is 5.41 Å². The number of nitrogens with one attached hydrogen (secondary N) is 1. The molecule has 1 saturated heterocycles. The van der Waals surface area contributed by atoms with Crippen molar-refractivity contribution in [2.24, 2.45) is 23.0 Å². The van der Waals surface area contributed by atoms with Gasteiger partial charge >= 0.3 is 0 Å². The summed E-state index contributed by atoms with van der Waals surface area (Å²) in [5, 5.41) is 8.92. The van der Waals surface area contributed by atoms with Gasteiger partial charge in [0.15, 0.2) is 5.96 Å². The van der Waals surface area contributed by atoms with Crippen LogP contribution in [0.25, 0.3) is 0 Å². The standard InChI is InChI=1S/C25H44N4O/c1-20(2)8-6-7-17-30-23-11-9-22(10-12-23)29(19-25(4,5)18-26)24(27)28-15-13-21(3)14-16-28/h9-12,20-21,27H,6-8,13-19,26H2,1-5H3. The highest BCUT2D eigenvalue weighted by atomic mass is 16.5. The van der Waals surface area contributed by atoms with Crippen molar-refractivity contribution in [2.45, 2.75) is 66.7 Å². The predicted octanol–water partition coefficient (Wildman–Crippen LogP) is 5.35. The van der Waals surface area contributed by atoms with Crippen LogP contribution in [0.4, 0.5) is 5.69 Å². The first-order chi connectivity index (χ1) is 14.2. The molecule has 1 fully saturated rings. The zero-order valence-corrected chi connectivity index (χ0v) is 19.9. The third-order valence-corrected chi connectivity index (χ3v) is 6.07. The Morgan fingerprint density at radius 2 is 1.83 bits per heavy atom. The monoisotopic (exact) mass is 416 g/mol. The number of nitrogens with zero attached hydrogens (tertiary/aromatic N) is 2. The number of nitrogens with two attached hydrogens (primary N) is 1. The SMILES string of the molecule is CC(C)CCCCOc1ccc(N(CC(C)(C)CN)C(=N)N2CCC(C)CC2)cc1. The number of rotatable bonds is 10. The number of anilines is 1. The summed E-state index contributed by atoms with van der Waals surface area (Å²) >= 11 is 0. The number of benzene rings is 1. The van der Waals surface area contributed by atoms with Crippen LogP contribution in [-0.2, 0) is 0 Å². The van der Waals surface area contributed by atoms with Gasteiger partial charge in [0, 0.05) is 25.3 Å². The number of guanidine groups is 1. The van der Waals surface area contributed by atoms with Crippen LogP contribution in [0.15, 0.2) is 24.3 Å². The Labute approximate surface area is 184 Å². The fourth-order valence-electron chi connectivity index (χ4n) is 3.74. The molecule has 0 atom stereocenters. The Bertz CT molecular complexity index is 633. The molecule has 0 aliphatic carbocycles. The summed E-state index contributed by atoms with van der Waals surface area (Å²) in [6.45, 7) is 15.2. The fraction of sp³-hybridized carbons (Fsp3) is 0.720. The average molecular weight is 417 g/mol. The van der Waals surface area contributed by atoms with E-state index in [9.17, 15) is 0 Å². The first-order valence-electron chi connectivity index (χ1n) is 11.8. The molecule has 1 heterocycles. The van der Waals surface area contributed by atoms with Gasteiger partial charge in [-0.15, -0.1) is 0 Å². The number of hydrogen-bond acceptors (Lipinski definition) is 3. The summed E-state index contributed by atoms with van der Waals surface area (Å²) < 4.78 is 5.93. The van der Waals surface area contributed by atoms with E-state index >= 15 is 0 Å². The topological polar surface area (TPSA) is 65.6 Å². The van der Waals surface area contributed by atoms with E-state index in [1.807, 2.05) is 12.1 Å².